The molecular weight excluding hydrogens is 124 g/mol. The first-order chi connectivity index (χ1) is 4.54. The summed E-state index contributed by atoms with van der Waals surface area (Å²) in [5.74, 6) is 0.253. The summed E-state index contributed by atoms with van der Waals surface area (Å²) in [5, 5.41) is 7.35. The molecule has 0 spiro atoms. The maximum absolute atomic E-state index is 7.35. The van der Waals surface area contributed by atoms with E-state index in [9.17, 15) is 0 Å². The molecule has 0 bridgehead atoms. The van der Waals surface area contributed by atoms with Gasteiger partial charge in [-0.3, -0.25) is 4.99 Å². The first-order valence-corrected chi connectivity index (χ1v) is 3.32. The van der Waals surface area contributed by atoms with Gasteiger partial charge in [-0.2, -0.15) is 0 Å². The van der Waals surface area contributed by atoms with Crippen molar-refractivity contribution in [2.45, 2.75) is 20.8 Å². The van der Waals surface area contributed by atoms with E-state index in [4.69, 9.17) is 5.41 Å². The zero-order valence-electron chi connectivity index (χ0n) is 6.81. The molecule has 0 fully saturated rings. The summed E-state index contributed by atoms with van der Waals surface area (Å²) >= 11 is 0. The number of nitrogens with zero attached hydrogens (tertiary/aromatic N) is 1. The predicted molar refractivity (Wildman–Crippen MR) is 45.9 cm³/mol. The first-order valence-electron chi connectivity index (χ1n) is 3.32. The summed E-state index contributed by atoms with van der Waals surface area (Å²) in [6.45, 7) is 9.33. The second-order valence-electron chi connectivity index (χ2n) is 2.60. The lowest BCUT2D eigenvalue weighted by Crippen LogP contribution is -2.06. The zero-order valence-corrected chi connectivity index (χ0v) is 6.81. The minimum Gasteiger partial charge on any atom is -0.303 e. The number of hydrogen-bond donors (Lipinski definition) is 1. The highest BCUT2D eigenvalue weighted by molar-refractivity contribution is 6.29. The van der Waals surface area contributed by atoms with Crippen LogP contribution < -0.4 is 0 Å². The van der Waals surface area contributed by atoms with Crippen LogP contribution in [-0.2, 0) is 0 Å². The second kappa shape index (κ2) is 3.99. The molecule has 0 rings (SSSR count). The number of allylic oxidation sites excluding steroid dienone is 1. The van der Waals surface area contributed by atoms with E-state index in [1.54, 1.807) is 6.21 Å². The Hall–Kier alpha value is -0.920. The molecule has 0 radical (unpaired) electrons. The monoisotopic (exact) mass is 138 g/mol. The summed E-state index contributed by atoms with van der Waals surface area (Å²) in [4.78, 5) is 3.90. The molecule has 0 saturated heterocycles. The average Bonchev–Trinajstić information content (AvgIpc) is 1.82. The largest absolute Gasteiger partial charge is 0.303 e. The van der Waals surface area contributed by atoms with Crippen LogP contribution in [0, 0.1) is 11.3 Å². The lowest BCUT2D eigenvalue weighted by Gasteiger charge is -1.98. The van der Waals surface area contributed by atoms with Crippen molar-refractivity contribution in [3.63, 3.8) is 0 Å². The average molecular weight is 138 g/mol. The molecule has 0 aromatic rings. The van der Waals surface area contributed by atoms with Gasteiger partial charge in [0.15, 0.2) is 0 Å². The minimum atomic E-state index is 0.253. The maximum atomic E-state index is 7.35. The van der Waals surface area contributed by atoms with Gasteiger partial charge in [0, 0.05) is 11.9 Å². The van der Waals surface area contributed by atoms with Gasteiger partial charge in [-0.05, 0) is 12.8 Å². The van der Waals surface area contributed by atoms with Gasteiger partial charge in [0.25, 0.3) is 0 Å². The highest BCUT2D eigenvalue weighted by Gasteiger charge is 1.96. The molecule has 0 aromatic heterocycles. The van der Waals surface area contributed by atoms with Crippen molar-refractivity contribution in [1.82, 2.24) is 0 Å². The van der Waals surface area contributed by atoms with Crippen LogP contribution in [0.2, 0.25) is 0 Å². The van der Waals surface area contributed by atoms with Crippen LogP contribution in [0.3, 0.4) is 0 Å². The van der Waals surface area contributed by atoms with Crippen molar-refractivity contribution in [2.75, 3.05) is 0 Å². The molecular formula is C8H14N2. The number of nitrogens with one attached hydrogen (secondary N) is 1. The van der Waals surface area contributed by atoms with E-state index in [2.05, 4.69) is 11.6 Å². The fourth-order valence-electron chi connectivity index (χ4n) is 0.329. The Morgan fingerprint density at radius 2 is 2.10 bits per heavy atom. The molecule has 0 heterocycles. The fourth-order valence-corrected chi connectivity index (χ4v) is 0.329. The summed E-state index contributed by atoms with van der Waals surface area (Å²) < 4.78 is 0. The van der Waals surface area contributed by atoms with Crippen molar-refractivity contribution < 1.29 is 0 Å². The van der Waals surface area contributed by atoms with Gasteiger partial charge >= 0.3 is 0 Å². The Morgan fingerprint density at radius 1 is 1.60 bits per heavy atom. The molecule has 10 heavy (non-hydrogen) atoms. The molecule has 1 N–H and O–H groups in total. The lowest BCUT2D eigenvalue weighted by atomic mass is 10.1. The number of rotatable bonds is 3. The molecule has 0 aliphatic carbocycles. The van der Waals surface area contributed by atoms with Gasteiger partial charge in [0.1, 0.15) is 0 Å². The summed E-state index contributed by atoms with van der Waals surface area (Å²) in [5.41, 5.74) is 1.29. The van der Waals surface area contributed by atoms with Crippen LogP contribution in [-0.4, -0.2) is 11.9 Å². The van der Waals surface area contributed by atoms with E-state index < -0.39 is 0 Å². The van der Waals surface area contributed by atoms with Crippen molar-refractivity contribution in [3.8, 4) is 0 Å². The molecule has 2 heteroatoms. The van der Waals surface area contributed by atoms with Crippen LogP contribution >= 0.6 is 0 Å². The van der Waals surface area contributed by atoms with Crippen molar-refractivity contribution in [3.05, 3.63) is 12.3 Å². The fraction of sp³-hybridized carbons (Fsp3) is 0.500. The maximum Gasteiger partial charge on any atom is 0.0521 e. The summed E-state index contributed by atoms with van der Waals surface area (Å²) in [6, 6.07) is 0. The highest BCUT2D eigenvalue weighted by Crippen LogP contribution is 1.93. The lowest BCUT2D eigenvalue weighted by molar-refractivity contribution is 0.889. The van der Waals surface area contributed by atoms with E-state index in [1.165, 1.54) is 0 Å². The molecule has 0 aromatic carbocycles. The molecule has 0 saturated carbocycles. The van der Waals surface area contributed by atoms with E-state index in [1.807, 2.05) is 20.8 Å². The Bertz CT molecular complexity index is 166. The third-order valence-electron chi connectivity index (χ3n) is 1.05. The molecule has 0 aliphatic rings. The summed E-state index contributed by atoms with van der Waals surface area (Å²) in [6.07, 6.45) is 1.55. The molecule has 0 atom stereocenters. The van der Waals surface area contributed by atoms with Crippen LogP contribution in [0.5, 0.6) is 0 Å². The Balaban J connectivity index is 3.90. The molecule has 56 valence electrons. The van der Waals surface area contributed by atoms with E-state index in [0.29, 0.717) is 5.71 Å². The highest BCUT2D eigenvalue weighted by atomic mass is 14.7. The number of hydrogen-bond acceptors (Lipinski definition) is 2. The van der Waals surface area contributed by atoms with Gasteiger partial charge in [-0.1, -0.05) is 20.4 Å². The van der Waals surface area contributed by atoms with Gasteiger partial charge in [-0.25, -0.2) is 0 Å². The minimum absolute atomic E-state index is 0.253. The van der Waals surface area contributed by atoms with Gasteiger partial charge < -0.3 is 5.41 Å². The molecule has 2 nitrogen and oxygen atoms in total. The van der Waals surface area contributed by atoms with Crippen LogP contribution in [0.25, 0.3) is 0 Å². The van der Waals surface area contributed by atoms with Gasteiger partial charge in [-0.15, -0.1) is 0 Å². The molecule has 0 aliphatic heterocycles. The van der Waals surface area contributed by atoms with Crippen molar-refractivity contribution in [1.29, 1.82) is 5.41 Å². The SMILES string of the molecule is C=C(C)N=CC(=N)C(C)C. The van der Waals surface area contributed by atoms with Crippen LogP contribution in [0.4, 0.5) is 0 Å². The first kappa shape index (κ1) is 9.08. The molecule has 0 unspecified atom stereocenters. The van der Waals surface area contributed by atoms with E-state index in [-0.39, 0.29) is 5.92 Å². The predicted octanol–water partition coefficient (Wildman–Crippen LogP) is 2.27. The van der Waals surface area contributed by atoms with Gasteiger partial charge in [0.2, 0.25) is 0 Å². The normalized spacial score (nSPS) is 10.8. The Labute approximate surface area is 62.2 Å². The topological polar surface area (TPSA) is 36.2 Å². The van der Waals surface area contributed by atoms with Crippen molar-refractivity contribution >= 4 is 11.9 Å². The smallest absolute Gasteiger partial charge is 0.0521 e. The standard InChI is InChI=1S/C8H14N2/c1-6(2)8(9)5-10-7(3)4/h5-6,9H,3H2,1-2,4H3. The Morgan fingerprint density at radius 3 is 2.40 bits per heavy atom. The molecule has 0 amide bonds. The van der Waals surface area contributed by atoms with Crippen LogP contribution in [0.1, 0.15) is 20.8 Å². The second-order valence-corrected chi connectivity index (χ2v) is 2.60. The zero-order chi connectivity index (χ0) is 8.15. The van der Waals surface area contributed by atoms with Crippen molar-refractivity contribution in [2.24, 2.45) is 10.9 Å². The third kappa shape index (κ3) is 4.01. The summed E-state index contributed by atoms with van der Waals surface area (Å²) in [7, 11) is 0. The van der Waals surface area contributed by atoms with Gasteiger partial charge in [0.05, 0.1) is 5.71 Å². The van der Waals surface area contributed by atoms with E-state index >= 15 is 0 Å². The Kier molecular flexibility index (Phi) is 3.62. The van der Waals surface area contributed by atoms with E-state index in [0.717, 1.165) is 5.70 Å². The number of aliphatic imine (C=N–C) groups is 1. The third-order valence-corrected chi connectivity index (χ3v) is 1.05. The van der Waals surface area contributed by atoms with Crippen LogP contribution in [0.15, 0.2) is 17.3 Å². The quantitative estimate of drug-likeness (QED) is 0.581.